The van der Waals surface area contributed by atoms with Crippen LogP contribution >= 0.6 is 0 Å². The average Bonchev–Trinajstić information content (AvgIpc) is 3.24. The standard InChI is InChI=1S/C54H92O6/c1-4-7-10-13-16-19-22-25-26-27-30-32-35-38-41-44-47-53(56)59-50-51(60-54(57)48-45-42-39-36-33-29-24-21-18-15-12-9-6-3)49-58-52(55)46-43-40-37-34-31-28-23-20-17-14-11-8-5-2/h9,12,15,18,21,24,26-27,29,33,36,39,51H,4-8,10-11,13-14,16-17,19-20,22-23,25,28,30-32,34-35,37-38,40-50H2,1-3H3/b12-9+,18-15+,24-21+,27-26+,33-29+,39-36+. The van der Waals surface area contributed by atoms with Gasteiger partial charge in [-0.3, -0.25) is 14.4 Å². The van der Waals surface area contributed by atoms with E-state index in [-0.39, 0.29) is 37.5 Å². The van der Waals surface area contributed by atoms with Crippen LogP contribution in [0.5, 0.6) is 0 Å². The second-order valence-electron chi connectivity index (χ2n) is 16.5. The number of esters is 3. The van der Waals surface area contributed by atoms with Crippen LogP contribution in [0, 0.1) is 0 Å². The Balaban J connectivity index is 4.47. The summed E-state index contributed by atoms with van der Waals surface area (Å²) in [6, 6.07) is 0. The molecule has 1 unspecified atom stereocenters. The summed E-state index contributed by atoms with van der Waals surface area (Å²) in [5, 5.41) is 0. The minimum absolute atomic E-state index is 0.105. The molecule has 0 aliphatic rings. The quantitative estimate of drug-likeness (QED) is 0.0200. The van der Waals surface area contributed by atoms with Gasteiger partial charge in [0, 0.05) is 19.3 Å². The fraction of sp³-hybridized carbons (Fsp3) is 0.722. The smallest absolute Gasteiger partial charge is 0.306 e. The van der Waals surface area contributed by atoms with E-state index in [9.17, 15) is 14.4 Å². The van der Waals surface area contributed by atoms with E-state index in [0.717, 1.165) is 57.8 Å². The van der Waals surface area contributed by atoms with Crippen molar-refractivity contribution >= 4 is 17.9 Å². The van der Waals surface area contributed by atoms with Crippen molar-refractivity contribution < 1.29 is 28.6 Å². The molecule has 0 aromatic carbocycles. The highest BCUT2D eigenvalue weighted by Crippen LogP contribution is 2.15. The third kappa shape index (κ3) is 45.9. The number of hydrogen-bond donors (Lipinski definition) is 0. The van der Waals surface area contributed by atoms with Crippen LogP contribution in [-0.4, -0.2) is 37.2 Å². The van der Waals surface area contributed by atoms with Crippen molar-refractivity contribution in [3.05, 3.63) is 72.9 Å². The number of carbonyl (C=O) groups is 3. The first-order chi connectivity index (χ1) is 29.5. The average molecular weight is 837 g/mol. The first-order valence-electron chi connectivity index (χ1n) is 25.0. The fourth-order valence-corrected chi connectivity index (χ4v) is 6.82. The highest BCUT2D eigenvalue weighted by atomic mass is 16.6. The molecule has 60 heavy (non-hydrogen) atoms. The highest BCUT2D eigenvalue weighted by Gasteiger charge is 2.19. The van der Waals surface area contributed by atoms with Crippen LogP contribution in [0.25, 0.3) is 0 Å². The molecule has 0 radical (unpaired) electrons. The maximum absolute atomic E-state index is 12.7. The lowest BCUT2D eigenvalue weighted by Crippen LogP contribution is -2.30. The number of unbranched alkanes of at least 4 members (excludes halogenated alkanes) is 25. The number of allylic oxidation sites excluding steroid dienone is 12. The molecule has 0 bridgehead atoms. The van der Waals surface area contributed by atoms with E-state index in [1.165, 1.54) is 128 Å². The number of carbonyl (C=O) groups excluding carboxylic acids is 3. The number of rotatable bonds is 44. The topological polar surface area (TPSA) is 78.9 Å². The molecule has 0 aliphatic carbocycles. The molecule has 0 saturated carbocycles. The zero-order valence-electron chi connectivity index (χ0n) is 39.2. The normalized spacial score (nSPS) is 12.7. The second-order valence-corrected chi connectivity index (χ2v) is 16.5. The Kier molecular flexibility index (Phi) is 46.0. The van der Waals surface area contributed by atoms with Crippen LogP contribution in [0.4, 0.5) is 0 Å². The molecule has 6 heteroatoms. The maximum Gasteiger partial charge on any atom is 0.306 e. The summed E-state index contributed by atoms with van der Waals surface area (Å²) < 4.78 is 16.7. The summed E-state index contributed by atoms with van der Waals surface area (Å²) in [7, 11) is 0. The molecule has 0 aromatic rings. The van der Waals surface area contributed by atoms with Crippen molar-refractivity contribution in [3.8, 4) is 0 Å². The van der Waals surface area contributed by atoms with Gasteiger partial charge in [0.25, 0.3) is 0 Å². The van der Waals surface area contributed by atoms with Gasteiger partial charge in [0.2, 0.25) is 0 Å². The Labute approximate surface area is 370 Å². The van der Waals surface area contributed by atoms with Crippen LogP contribution in [0.3, 0.4) is 0 Å². The van der Waals surface area contributed by atoms with E-state index in [1.54, 1.807) is 0 Å². The highest BCUT2D eigenvalue weighted by molar-refractivity contribution is 5.71. The molecule has 1 atom stereocenters. The van der Waals surface area contributed by atoms with Gasteiger partial charge >= 0.3 is 17.9 Å². The van der Waals surface area contributed by atoms with Crippen LogP contribution in [0.2, 0.25) is 0 Å². The van der Waals surface area contributed by atoms with Crippen molar-refractivity contribution in [1.29, 1.82) is 0 Å². The zero-order valence-corrected chi connectivity index (χ0v) is 39.2. The van der Waals surface area contributed by atoms with Crippen molar-refractivity contribution in [2.24, 2.45) is 0 Å². The lowest BCUT2D eigenvalue weighted by Gasteiger charge is -2.18. The lowest BCUT2D eigenvalue weighted by molar-refractivity contribution is -0.167. The van der Waals surface area contributed by atoms with Crippen molar-refractivity contribution in [1.82, 2.24) is 0 Å². The molecule has 0 saturated heterocycles. The van der Waals surface area contributed by atoms with Gasteiger partial charge in [-0.05, 0) is 57.8 Å². The van der Waals surface area contributed by atoms with Crippen LogP contribution < -0.4 is 0 Å². The molecule has 0 heterocycles. The Morgan fingerprint density at radius 3 is 1.10 bits per heavy atom. The molecule has 0 rings (SSSR count). The maximum atomic E-state index is 12.7. The summed E-state index contributed by atoms with van der Waals surface area (Å²) in [5.41, 5.74) is 0. The molecule has 0 fully saturated rings. The minimum atomic E-state index is -0.812. The predicted octanol–water partition coefficient (Wildman–Crippen LogP) is 16.3. The van der Waals surface area contributed by atoms with E-state index < -0.39 is 6.10 Å². The Morgan fingerprint density at radius 2 is 0.683 bits per heavy atom. The van der Waals surface area contributed by atoms with Crippen molar-refractivity contribution in [2.75, 3.05) is 13.2 Å². The Morgan fingerprint density at radius 1 is 0.350 bits per heavy atom. The van der Waals surface area contributed by atoms with Crippen LogP contribution in [0.1, 0.15) is 233 Å². The van der Waals surface area contributed by atoms with Gasteiger partial charge in [-0.15, -0.1) is 0 Å². The Hall–Kier alpha value is -3.15. The number of ether oxygens (including phenoxy) is 3. The van der Waals surface area contributed by atoms with Gasteiger partial charge in [0.1, 0.15) is 13.2 Å². The molecular weight excluding hydrogens is 745 g/mol. The van der Waals surface area contributed by atoms with Gasteiger partial charge in [0.15, 0.2) is 6.10 Å². The van der Waals surface area contributed by atoms with Gasteiger partial charge in [-0.1, -0.05) is 229 Å². The van der Waals surface area contributed by atoms with Gasteiger partial charge in [0.05, 0.1) is 0 Å². The number of hydrogen-bond acceptors (Lipinski definition) is 6. The lowest BCUT2D eigenvalue weighted by atomic mass is 10.0. The summed E-state index contributed by atoms with van der Waals surface area (Å²) in [4.78, 5) is 37.9. The van der Waals surface area contributed by atoms with Gasteiger partial charge in [-0.25, -0.2) is 0 Å². The molecule has 0 N–H and O–H groups in total. The van der Waals surface area contributed by atoms with Crippen molar-refractivity contribution in [3.63, 3.8) is 0 Å². The minimum Gasteiger partial charge on any atom is -0.462 e. The third-order valence-corrected chi connectivity index (χ3v) is 10.6. The Bertz CT molecular complexity index is 1140. The van der Waals surface area contributed by atoms with Crippen LogP contribution in [-0.2, 0) is 28.6 Å². The van der Waals surface area contributed by atoms with Crippen LogP contribution in [0.15, 0.2) is 72.9 Å². The first-order valence-corrected chi connectivity index (χ1v) is 25.0. The second kappa shape index (κ2) is 48.5. The van der Waals surface area contributed by atoms with E-state index in [4.69, 9.17) is 14.2 Å². The van der Waals surface area contributed by atoms with E-state index in [1.807, 2.05) is 54.7 Å². The summed E-state index contributed by atoms with van der Waals surface area (Å²) in [6.07, 6.45) is 60.3. The molecule has 0 spiro atoms. The molecule has 0 amide bonds. The third-order valence-electron chi connectivity index (χ3n) is 10.6. The largest absolute Gasteiger partial charge is 0.462 e. The summed E-state index contributed by atoms with van der Waals surface area (Å²) in [5.74, 6) is -0.987. The van der Waals surface area contributed by atoms with Gasteiger partial charge < -0.3 is 14.2 Å². The molecule has 0 aliphatic heterocycles. The SMILES string of the molecule is CC/C=C/C=C/C=C/C=C/C=C/CCCC(=O)OC(COC(=O)CCCCCCC/C=C/CCCCCCCCC)COC(=O)CCCCCCCCCCCCCCC. The molecular formula is C54H92O6. The van der Waals surface area contributed by atoms with E-state index >= 15 is 0 Å². The monoisotopic (exact) mass is 837 g/mol. The predicted molar refractivity (Wildman–Crippen MR) is 256 cm³/mol. The molecule has 6 nitrogen and oxygen atoms in total. The van der Waals surface area contributed by atoms with Gasteiger partial charge in [-0.2, -0.15) is 0 Å². The molecule has 0 aromatic heterocycles. The van der Waals surface area contributed by atoms with Crippen molar-refractivity contribution in [2.45, 2.75) is 239 Å². The first kappa shape index (κ1) is 56.9. The zero-order chi connectivity index (χ0) is 43.7. The summed E-state index contributed by atoms with van der Waals surface area (Å²) in [6.45, 7) is 6.42. The molecule has 344 valence electrons. The fourth-order valence-electron chi connectivity index (χ4n) is 6.82. The summed E-state index contributed by atoms with van der Waals surface area (Å²) >= 11 is 0. The van der Waals surface area contributed by atoms with E-state index in [2.05, 4.69) is 39.0 Å². The van der Waals surface area contributed by atoms with E-state index in [0.29, 0.717) is 19.3 Å².